The highest BCUT2D eigenvalue weighted by Crippen LogP contribution is 2.37. The fraction of sp³-hybridized carbons (Fsp3) is 0.143. The summed E-state index contributed by atoms with van der Waals surface area (Å²) in [6.07, 6.45) is 0. The van der Waals surface area contributed by atoms with Crippen molar-refractivity contribution < 1.29 is 4.39 Å². The number of halogens is 6. The van der Waals surface area contributed by atoms with E-state index in [-0.39, 0.29) is 11.1 Å². The van der Waals surface area contributed by atoms with Gasteiger partial charge in [-0.15, -0.1) is 0 Å². The molecule has 0 saturated carbocycles. The molecule has 0 aromatic heterocycles. The third kappa shape index (κ3) is 3.96. The maximum atomic E-state index is 13.6. The summed E-state index contributed by atoms with van der Waals surface area (Å²) in [5.41, 5.74) is 1.12. The van der Waals surface area contributed by atoms with Gasteiger partial charge in [0, 0.05) is 9.50 Å². The van der Waals surface area contributed by atoms with Crippen LogP contribution >= 0.6 is 62.3 Å². The van der Waals surface area contributed by atoms with Gasteiger partial charge in [0.25, 0.3) is 0 Å². The minimum atomic E-state index is -0.530. The summed E-state index contributed by atoms with van der Waals surface area (Å²) in [6, 6.07) is 5.79. The van der Waals surface area contributed by atoms with Crippen LogP contribution in [0.2, 0.25) is 20.1 Å². The Labute approximate surface area is 150 Å². The lowest BCUT2D eigenvalue weighted by Crippen LogP contribution is -2.08. The van der Waals surface area contributed by atoms with Crippen LogP contribution in [0.4, 0.5) is 10.1 Å². The van der Waals surface area contributed by atoms with E-state index in [9.17, 15) is 4.39 Å². The first-order chi connectivity index (χ1) is 9.79. The highest BCUT2D eigenvalue weighted by molar-refractivity contribution is 9.10. The van der Waals surface area contributed by atoms with E-state index in [4.69, 9.17) is 46.4 Å². The summed E-state index contributed by atoms with van der Waals surface area (Å²) in [5, 5.41) is 4.38. The highest BCUT2D eigenvalue weighted by atomic mass is 79.9. The summed E-state index contributed by atoms with van der Waals surface area (Å²) in [5.74, 6) is -0.530. The van der Waals surface area contributed by atoms with Crippen LogP contribution in [-0.2, 0) is 0 Å². The zero-order valence-corrected chi connectivity index (χ0v) is 15.3. The maximum absolute atomic E-state index is 13.6. The van der Waals surface area contributed by atoms with Crippen LogP contribution in [-0.4, -0.2) is 0 Å². The van der Waals surface area contributed by atoms with Gasteiger partial charge < -0.3 is 5.32 Å². The summed E-state index contributed by atoms with van der Waals surface area (Å²) < 4.78 is 14.4. The largest absolute Gasteiger partial charge is 0.376 e. The lowest BCUT2D eigenvalue weighted by Gasteiger charge is -2.19. The first-order valence-corrected chi connectivity index (χ1v) is 8.15. The third-order valence-electron chi connectivity index (χ3n) is 2.87. The Bertz CT molecular complexity index is 670. The van der Waals surface area contributed by atoms with E-state index in [1.54, 1.807) is 12.1 Å². The molecule has 2 rings (SSSR count). The monoisotopic (exact) mass is 429 g/mol. The molecule has 1 atom stereocenters. The molecule has 1 unspecified atom stereocenters. The Morgan fingerprint density at radius 3 is 2.10 bits per heavy atom. The van der Waals surface area contributed by atoms with Gasteiger partial charge in [-0.2, -0.15) is 0 Å². The number of benzene rings is 2. The van der Waals surface area contributed by atoms with Crippen LogP contribution in [0.1, 0.15) is 18.5 Å². The molecular formula is C14H9BrCl4FN. The van der Waals surface area contributed by atoms with Crippen molar-refractivity contribution in [2.45, 2.75) is 13.0 Å². The Hall–Kier alpha value is -0.190. The Morgan fingerprint density at radius 1 is 0.952 bits per heavy atom. The highest BCUT2D eigenvalue weighted by Gasteiger charge is 2.16. The smallest absolute Gasteiger partial charge is 0.142 e. The molecule has 0 radical (unpaired) electrons. The molecule has 0 heterocycles. The molecule has 0 spiro atoms. The molecule has 112 valence electrons. The summed E-state index contributed by atoms with van der Waals surface area (Å²) in [7, 11) is 0. The maximum Gasteiger partial charge on any atom is 0.142 e. The van der Waals surface area contributed by atoms with Gasteiger partial charge in [-0.05, 0) is 36.8 Å². The first kappa shape index (κ1) is 17.2. The summed E-state index contributed by atoms with van der Waals surface area (Å²) >= 11 is 27.4. The molecule has 1 nitrogen and oxygen atoms in total. The lowest BCUT2D eigenvalue weighted by atomic mass is 10.1. The number of nitrogens with one attached hydrogen (secondary N) is 1. The molecule has 2 aromatic carbocycles. The van der Waals surface area contributed by atoms with Crippen LogP contribution in [0.15, 0.2) is 28.7 Å². The number of hydrogen-bond donors (Lipinski definition) is 1. The van der Waals surface area contributed by atoms with E-state index in [1.165, 1.54) is 12.1 Å². The minimum absolute atomic E-state index is 0.0179. The van der Waals surface area contributed by atoms with Crippen LogP contribution in [0.25, 0.3) is 0 Å². The number of rotatable bonds is 3. The molecule has 0 saturated heterocycles. The molecule has 0 aliphatic carbocycles. The lowest BCUT2D eigenvalue weighted by molar-refractivity contribution is 0.624. The molecule has 0 amide bonds. The Balaban J connectivity index is 2.35. The van der Waals surface area contributed by atoms with E-state index in [0.29, 0.717) is 26.3 Å². The van der Waals surface area contributed by atoms with E-state index >= 15 is 0 Å². The second-order valence-electron chi connectivity index (χ2n) is 4.40. The van der Waals surface area contributed by atoms with Crippen molar-refractivity contribution in [1.29, 1.82) is 0 Å². The molecule has 21 heavy (non-hydrogen) atoms. The average Bonchev–Trinajstić information content (AvgIpc) is 2.37. The van der Waals surface area contributed by atoms with Crippen molar-refractivity contribution in [2.24, 2.45) is 0 Å². The van der Waals surface area contributed by atoms with Gasteiger partial charge in [-0.3, -0.25) is 0 Å². The molecule has 2 aromatic rings. The third-order valence-corrected chi connectivity index (χ3v) is 4.54. The van der Waals surface area contributed by atoms with Gasteiger partial charge in [0.15, 0.2) is 0 Å². The minimum Gasteiger partial charge on any atom is -0.376 e. The molecule has 0 fully saturated rings. The van der Waals surface area contributed by atoms with E-state index in [2.05, 4.69) is 21.2 Å². The average molecular weight is 432 g/mol. The second kappa shape index (κ2) is 6.93. The molecular weight excluding hydrogens is 423 g/mol. The number of anilines is 1. The topological polar surface area (TPSA) is 12.0 Å². The van der Waals surface area contributed by atoms with E-state index in [0.717, 1.165) is 4.47 Å². The zero-order valence-electron chi connectivity index (χ0n) is 10.7. The van der Waals surface area contributed by atoms with Gasteiger partial charge >= 0.3 is 0 Å². The van der Waals surface area contributed by atoms with Crippen LogP contribution in [0, 0.1) is 5.82 Å². The standard InChI is InChI=1S/C14H9BrCl4FN/c1-6(8-4-13(20)10(17)5-9(8)16)21-14-11(18)2-7(15)3-12(14)19/h2-6,21H,1H3. The van der Waals surface area contributed by atoms with Gasteiger partial charge in [0.1, 0.15) is 5.82 Å². The van der Waals surface area contributed by atoms with Crippen LogP contribution in [0.3, 0.4) is 0 Å². The van der Waals surface area contributed by atoms with Crippen LogP contribution in [0.5, 0.6) is 0 Å². The predicted octanol–water partition coefficient (Wildman–Crippen LogP) is 7.37. The van der Waals surface area contributed by atoms with Gasteiger partial charge in [0.2, 0.25) is 0 Å². The molecule has 0 bridgehead atoms. The van der Waals surface area contributed by atoms with Gasteiger partial charge in [-0.25, -0.2) is 4.39 Å². The van der Waals surface area contributed by atoms with E-state index < -0.39 is 5.82 Å². The second-order valence-corrected chi connectivity index (χ2v) is 6.94. The molecule has 0 aliphatic rings. The first-order valence-electron chi connectivity index (χ1n) is 5.85. The molecule has 7 heteroatoms. The van der Waals surface area contributed by atoms with Crippen molar-refractivity contribution in [3.8, 4) is 0 Å². The Kier molecular flexibility index (Phi) is 5.66. The van der Waals surface area contributed by atoms with Crippen molar-refractivity contribution in [3.05, 3.63) is 60.2 Å². The van der Waals surface area contributed by atoms with E-state index in [1.807, 2.05) is 6.92 Å². The van der Waals surface area contributed by atoms with Crippen molar-refractivity contribution in [2.75, 3.05) is 5.32 Å². The fourth-order valence-corrected chi connectivity index (χ4v) is 3.71. The van der Waals surface area contributed by atoms with Gasteiger partial charge in [0.05, 0.1) is 26.8 Å². The zero-order chi connectivity index (χ0) is 15.7. The van der Waals surface area contributed by atoms with Crippen molar-refractivity contribution >= 4 is 68.0 Å². The summed E-state index contributed by atoms with van der Waals surface area (Å²) in [6.45, 7) is 1.82. The SMILES string of the molecule is CC(Nc1c(Cl)cc(Br)cc1Cl)c1cc(F)c(Cl)cc1Cl. The Morgan fingerprint density at radius 2 is 1.52 bits per heavy atom. The summed E-state index contributed by atoms with van der Waals surface area (Å²) in [4.78, 5) is 0. The number of hydrogen-bond acceptors (Lipinski definition) is 1. The van der Waals surface area contributed by atoms with Gasteiger partial charge in [-0.1, -0.05) is 62.3 Å². The fourth-order valence-electron chi connectivity index (χ4n) is 1.84. The molecule has 0 aliphatic heterocycles. The molecule has 1 N–H and O–H groups in total. The normalized spacial score (nSPS) is 12.3. The van der Waals surface area contributed by atoms with Crippen molar-refractivity contribution in [3.63, 3.8) is 0 Å². The van der Waals surface area contributed by atoms with Crippen LogP contribution < -0.4 is 5.32 Å². The quantitative estimate of drug-likeness (QED) is 0.500. The van der Waals surface area contributed by atoms with Crippen molar-refractivity contribution in [1.82, 2.24) is 0 Å². The predicted molar refractivity (Wildman–Crippen MR) is 92.6 cm³/mol.